The molecule has 0 amide bonds. The number of fused-ring (bicyclic) bond motifs is 1. The topological polar surface area (TPSA) is 54.5 Å². The molecule has 1 saturated carbocycles. The maximum absolute atomic E-state index is 13.4. The first-order valence-corrected chi connectivity index (χ1v) is 12.1. The fourth-order valence-corrected chi connectivity index (χ4v) is 6.64. The van der Waals surface area contributed by atoms with E-state index in [0.29, 0.717) is 36.6 Å². The Balaban J connectivity index is 1.64. The first-order chi connectivity index (χ1) is 14.3. The average Bonchev–Trinajstić information content (AvgIpc) is 2.74. The third-order valence-electron chi connectivity index (χ3n) is 6.84. The van der Waals surface area contributed by atoms with E-state index >= 15 is 0 Å². The van der Waals surface area contributed by atoms with Crippen LogP contribution in [0.5, 0.6) is 0 Å². The molecule has 158 valence electrons. The zero-order valence-corrected chi connectivity index (χ0v) is 18.3. The van der Waals surface area contributed by atoms with Crippen LogP contribution in [0.15, 0.2) is 66.1 Å². The van der Waals surface area contributed by atoms with E-state index in [1.165, 1.54) is 5.56 Å². The number of carbonyl (C=O) groups is 1. The number of sulfonamides is 1. The Morgan fingerprint density at radius 3 is 2.50 bits per heavy atom. The molecule has 0 bridgehead atoms. The van der Waals surface area contributed by atoms with E-state index in [1.54, 1.807) is 16.4 Å². The minimum Gasteiger partial charge on any atom is -0.300 e. The van der Waals surface area contributed by atoms with Crippen molar-refractivity contribution in [3.8, 4) is 0 Å². The molecule has 2 aromatic carbocycles. The summed E-state index contributed by atoms with van der Waals surface area (Å²) in [5.41, 5.74) is 2.88. The number of carbonyl (C=O) groups excluding carboxylic acids is 1. The largest absolute Gasteiger partial charge is 0.300 e. The quantitative estimate of drug-likeness (QED) is 0.700. The van der Waals surface area contributed by atoms with Gasteiger partial charge < -0.3 is 0 Å². The Morgan fingerprint density at radius 2 is 1.83 bits per heavy atom. The van der Waals surface area contributed by atoms with Crippen LogP contribution in [0.25, 0.3) is 5.57 Å². The maximum Gasteiger partial charge on any atom is 0.243 e. The van der Waals surface area contributed by atoms with Gasteiger partial charge in [0.1, 0.15) is 5.78 Å². The van der Waals surface area contributed by atoms with Gasteiger partial charge in [0.15, 0.2) is 0 Å². The lowest BCUT2D eigenvalue weighted by molar-refractivity contribution is -0.126. The second kappa shape index (κ2) is 8.12. The van der Waals surface area contributed by atoms with E-state index in [4.69, 9.17) is 0 Å². The van der Waals surface area contributed by atoms with Crippen molar-refractivity contribution in [3.63, 3.8) is 0 Å². The molecule has 1 saturated heterocycles. The van der Waals surface area contributed by atoms with E-state index in [9.17, 15) is 13.2 Å². The molecule has 1 heterocycles. The summed E-state index contributed by atoms with van der Waals surface area (Å²) in [6.07, 6.45) is 3.43. The van der Waals surface area contributed by atoms with Gasteiger partial charge in [-0.25, -0.2) is 8.42 Å². The van der Waals surface area contributed by atoms with E-state index < -0.39 is 10.0 Å². The van der Waals surface area contributed by atoms with E-state index in [1.807, 2.05) is 37.3 Å². The van der Waals surface area contributed by atoms with Gasteiger partial charge in [0.2, 0.25) is 10.0 Å². The molecular weight excluding hydrogens is 394 g/mol. The summed E-state index contributed by atoms with van der Waals surface area (Å²) < 4.78 is 28.5. The Morgan fingerprint density at radius 1 is 1.13 bits per heavy atom. The van der Waals surface area contributed by atoms with Gasteiger partial charge in [0, 0.05) is 25.9 Å². The molecule has 0 radical (unpaired) electrons. The number of ketones is 1. The first-order valence-electron chi connectivity index (χ1n) is 10.6. The van der Waals surface area contributed by atoms with Gasteiger partial charge in [-0.3, -0.25) is 4.79 Å². The summed E-state index contributed by atoms with van der Waals surface area (Å²) in [4.78, 5) is 12.5. The Labute approximate surface area is 179 Å². The second-order valence-electron chi connectivity index (χ2n) is 8.90. The van der Waals surface area contributed by atoms with Crippen molar-refractivity contribution >= 4 is 21.4 Å². The zero-order chi connectivity index (χ0) is 21.4. The van der Waals surface area contributed by atoms with Crippen LogP contribution in [-0.4, -0.2) is 31.6 Å². The maximum atomic E-state index is 13.4. The molecule has 1 aliphatic heterocycles. The lowest BCUT2D eigenvalue weighted by Gasteiger charge is -2.50. The molecule has 4 nitrogen and oxygen atoms in total. The number of benzene rings is 2. The van der Waals surface area contributed by atoms with Crippen LogP contribution in [0.1, 0.15) is 43.7 Å². The van der Waals surface area contributed by atoms with Crippen molar-refractivity contribution in [2.75, 3.05) is 13.1 Å². The molecule has 0 N–H and O–H groups in total. The lowest BCUT2D eigenvalue weighted by atomic mass is 9.60. The average molecular weight is 424 g/mol. The molecule has 2 aliphatic rings. The minimum absolute atomic E-state index is 0.182. The molecule has 2 aromatic rings. The third kappa shape index (κ3) is 4.01. The van der Waals surface area contributed by atoms with Gasteiger partial charge in [-0.2, -0.15) is 4.31 Å². The van der Waals surface area contributed by atoms with E-state index in [0.717, 1.165) is 30.4 Å². The number of allylic oxidation sites excluding steroid dienone is 1. The summed E-state index contributed by atoms with van der Waals surface area (Å²) in [7, 11) is -3.58. The standard InChI is InChI=1S/C25H29NO3S/c1-19(2)21-8-10-24(11-9-21)30(28,29)26-15-13-22-16-23(27)12-14-25(22,18-26)17-20-6-4-3-5-7-20/h3-11,22H,1,12-18H2,2H3/t22-,25-/m0/s1. The predicted octanol–water partition coefficient (Wildman–Crippen LogP) is 4.71. The van der Waals surface area contributed by atoms with Gasteiger partial charge in [-0.05, 0) is 60.8 Å². The van der Waals surface area contributed by atoms with E-state index in [2.05, 4.69) is 18.7 Å². The molecular formula is C25H29NO3S. The van der Waals surface area contributed by atoms with Gasteiger partial charge in [-0.1, -0.05) is 54.6 Å². The van der Waals surface area contributed by atoms with Crippen molar-refractivity contribution in [1.82, 2.24) is 4.31 Å². The number of Topliss-reactive ketones (excluding diaryl/α,β-unsaturated/α-hetero) is 1. The van der Waals surface area contributed by atoms with Crippen LogP contribution < -0.4 is 0 Å². The Hall–Kier alpha value is -2.24. The summed E-state index contributed by atoms with van der Waals surface area (Å²) in [5, 5.41) is 0. The molecule has 2 atom stereocenters. The van der Waals surface area contributed by atoms with E-state index in [-0.39, 0.29) is 11.3 Å². The molecule has 0 unspecified atom stereocenters. The van der Waals surface area contributed by atoms with Gasteiger partial charge in [-0.15, -0.1) is 0 Å². The number of nitrogens with zero attached hydrogens (tertiary/aromatic N) is 1. The van der Waals surface area contributed by atoms with Gasteiger partial charge in [0.05, 0.1) is 4.90 Å². The van der Waals surface area contributed by atoms with Crippen molar-refractivity contribution in [2.45, 2.75) is 43.9 Å². The minimum atomic E-state index is -3.58. The smallest absolute Gasteiger partial charge is 0.243 e. The highest BCUT2D eigenvalue weighted by Gasteiger charge is 2.49. The molecule has 5 heteroatoms. The van der Waals surface area contributed by atoms with Crippen LogP contribution >= 0.6 is 0 Å². The van der Waals surface area contributed by atoms with Crippen LogP contribution in [0.4, 0.5) is 0 Å². The van der Waals surface area contributed by atoms with Crippen molar-refractivity contribution in [2.24, 2.45) is 11.3 Å². The lowest BCUT2D eigenvalue weighted by Crippen LogP contribution is -2.54. The molecule has 0 spiro atoms. The highest BCUT2D eigenvalue weighted by molar-refractivity contribution is 7.89. The van der Waals surface area contributed by atoms with Crippen LogP contribution in [0.3, 0.4) is 0 Å². The SMILES string of the molecule is C=C(C)c1ccc(S(=O)(=O)N2CC[C@H]3CC(=O)CC[C@]3(Cc3ccccc3)C2)cc1. The summed E-state index contributed by atoms with van der Waals surface area (Å²) in [6, 6.07) is 17.2. The van der Waals surface area contributed by atoms with Gasteiger partial charge in [0.25, 0.3) is 0 Å². The zero-order valence-electron chi connectivity index (χ0n) is 17.5. The third-order valence-corrected chi connectivity index (χ3v) is 8.70. The highest BCUT2D eigenvalue weighted by atomic mass is 32.2. The van der Waals surface area contributed by atoms with Crippen molar-refractivity contribution in [3.05, 3.63) is 72.3 Å². The number of hydrogen-bond acceptors (Lipinski definition) is 3. The highest BCUT2D eigenvalue weighted by Crippen LogP contribution is 2.48. The molecule has 4 rings (SSSR count). The molecule has 30 heavy (non-hydrogen) atoms. The normalized spacial score (nSPS) is 25.0. The van der Waals surface area contributed by atoms with Gasteiger partial charge >= 0.3 is 0 Å². The Kier molecular flexibility index (Phi) is 5.69. The number of piperidine rings is 1. The second-order valence-corrected chi connectivity index (χ2v) is 10.8. The molecule has 2 fully saturated rings. The summed E-state index contributed by atoms with van der Waals surface area (Å²) in [6.45, 7) is 6.78. The predicted molar refractivity (Wildman–Crippen MR) is 119 cm³/mol. The van der Waals surface area contributed by atoms with Crippen molar-refractivity contribution < 1.29 is 13.2 Å². The number of rotatable bonds is 5. The molecule has 0 aromatic heterocycles. The fourth-order valence-electron chi connectivity index (χ4n) is 5.09. The first kappa shape index (κ1) is 21.0. The summed E-state index contributed by atoms with van der Waals surface area (Å²) >= 11 is 0. The fraction of sp³-hybridized carbons (Fsp3) is 0.400. The van der Waals surface area contributed by atoms with Crippen molar-refractivity contribution in [1.29, 1.82) is 0 Å². The number of hydrogen-bond donors (Lipinski definition) is 0. The Bertz CT molecular complexity index is 1040. The summed E-state index contributed by atoms with van der Waals surface area (Å²) in [5.74, 6) is 0.562. The molecule has 1 aliphatic carbocycles. The monoisotopic (exact) mass is 423 g/mol. The van der Waals surface area contributed by atoms with Crippen LogP contribution in [-0.2, 0) is 21.2 Å². The van der Waals surface area contributed by atoms with Crippen LogP contribution in [0.2, 0.25) is 0 Å². The van der Waals surface area contributed by atoms with Crippen LogP contribution in [0, 0.1) is 11.3 Å².